The summed E-state index contributed by atoms with van der Waals surface area (Å²) in [6.07, 6.45) is 1.56. The van der Waals surface area contributed by atoms with Gasteiger partial charge in [0.2, 0.25) is 5.88 Å². The summed E-state index contributed by atoms with van der Waals surface area (Å²) in [4.78, 5) is 10.5. The number of hydrogen-bond acceptors (Lipinski definition) is 6. The fraction of sp³-hybridized carbons (Fsp3) is 0.636. The molecule has 0 radical (unpaired) electrons. The van der Waals surface area contributed by atoms with Gasteiger partial charge in [0.1, 0.15) is 12.0 Å². The first-order valence-corrected chi connectivity index (χ1v) is 5.91. The third-order valence-electron chi connectivity index (χ3n) is 2.59. The second-order valence-corrected chi connectivity index (χ2v) is 4.32. The topological polar surface area (TPSA) is 76.3 Å². The van der Waals surface area contributed by atoms with Crippen LogP contribution in [0.4, 0.5) is 11.5 Å². The zero-order valence-corrected chi connectivity index (χ0v) is 10.3. The smallest absolute Gasteiger partial charge is 0.242 e. The SMILES string of the molecule is CC(C)Oc1ncnc(N2CCNCC2)c1N. The second kappa shape index (κ2) is 5.18. The minimum atomic E-state index is 0.0584. The molecule has 17 heavy (non-hydrogen) atoms. The molecular weight excluding hydrogens is 218 g/mol. The molecule has 0 atom stereocenters. The van der Waals surface area contributed by atoms with Gasteiger partial charge >= 0.3 is 0 Å². The van der Waals surface area contributed by atoms with E-state index in [0.717, 1.165) is 32.0 Å². The third kappa shape index (κ3) is 2.76. The largest absolute Gasteiger partial charge is 0.473 e. The summed E-state index contributed by atoms with van der Waals surface area (Å²) in [6, 6.07) is 0. The van der Waals surface area contributed by atoms with Crippen LogP contribution >= 0.6 is 0 Å². The van der Waals surface area contributed by atoms with Crippen LogP contribution in [0.1, 0.15) is 13.8 Å². The third-order valence-corrected chi connectivity index (χ3v) is 2.59. The van der Waals surface area contributed by atoms with Crippen molar-refractivity contribution in [3.8, 4) is 5.88 Å². The summed E-state index contributed by atoms with van der Waals surface area (Å²) in [5.41, 5.74) is 6.58. The highest BCUT2D eigenvalue weighted by Gasteiger charge is 2.18. The number of hydrogen-bond donors (Lipinski definition) is 2. The Kier molecular flexibility index (Phi) is 3.63. The molecule has 94 valence electrons. The number of piperazine rings is 1. The quantitative estimate of drug-likeness (QED) is 0.785. The van der Waals surface area contributed by atoms with Crippen LogP contribution in [0, 0.1) is 0 Å². The monoisotopic (exact) mass is 237 g/mol. The average molecular weight is 237 g/mol. The van der Waals surface area contributed by atoms with Gasteiger partial charge in [0, 0.05) is 26.2 Å². The van der Waals surface area contributed by atoms with Gasteiger partial charge < -0.3 is 20.7 Å². The van der Waals surface area contributed by atoms with Gasteiger partial charge in [0.25, 0.3) is 0 Å². The predicted molar refractivity (Wildman–Crippen MR) is 67.3 cm³/mol. The highest BCUT2D eigenvalue weighted by Crippen LogP contribution is 2.28. The summed E-state index contributed by atoms with van der Waals surface area (Å²) >= 11 is 0. The molecule has 0 aliphatic carbocycles. The first-order valence-electron chi connectivity index (χ1n) is 5.91. The van der Waals surface area contributed by atoms with E-state index in [4.69, 9.17) is 10.5 Å². The van der Waals surface area contributed by atoms with Gasteiger partial charge in [-0.3, -0.25) is 0 Å². The van der Waals surface area contributed by atoms with Crippen LogP contribution in [0.15, 0.2) is 6.33 Å². The Morgan fingerprint density at radius 3 is 2.71 bits per heavy atom. The summed E-state index contributed by atoms with van der Waals surface area (Å²) in [6.45, 7) is 7.61. The Morgan fingerprint density at radius 2 is 2.06 bits per heavy atom. The number of nitrogen functional groups attached to an aromatic ring is 1. The van der Waals surface area contributed by atoms with Crippen molar-refractivity contribution < 1.29 is 4.74 Å². The van der Waals surface area contributed by atoms with E-state index in [0.29, 0.717) is 11.6 Å². The molecule has 0 spiro atoms. The van der Waals surface area contributed by atoms with E-state index in [2.05, 4.69) is 20.2 Å². The number of nitrogens with zero attached hydrogens (tertiary/aromatic N) is 3. The van der Waals surface area contributed by atoms with E-state index in [1.54, 1.807) is 0 Å². The zero-order valence-electron chi connectivity index (χ0n) is 10.3. The van der Waals surface area contributed by atoms with E-state index >= 15 is 0 Å². The van der Waals surface area contributed by atoms with Crippen molar-refractivity contribution in [1.29, 1.82) is 0 Å². The van der Waals surface area contributed by atoms with Gasteiger partial charge in [-0.05, 0) is 13.8 Å². The molecule has 6 heteroatoms. The van der Waals surface area contributed by atoms with Crippen LogP contribution in [0.2, 0.25) is 0 Å². The van der Waals surface area contributed by atoms with Crippen LogP contribution in [0.5, 0.6) is 5.88 Å². The number of aromatic nitrogens is 2. The molecule has 0 saturated carbocycles. The molecule has 1 aliphatic heterocycles. The number of rotatable bonds is 3. The van der Waals surface area contributed by atoms with Crippen molar-refractivity contribution in [2.75, 3.05) is 36.8 Å². The molecule has 1 fully saturated rings. The molecule has 2 heterocycles. The molecule has 3 N–H and O–H groups in total. The summed E-state index contributed by atoms with van der Waals surface area (Å²) in [7, 11) is 0. The molecule has 6 nitrogen and oxygen atoms in total. The molecule has 0 amide bonds. The van der Waals surface area contributed by atoms with Crippen LogP contribution < -0.4 is 20.7 Å². The lowest BCUT2D eigenvalue weighted by Crippen LogP contribution is -2.44. The van der Waals surface area contributed by atoms with Gasteiger partial charge in [0.15, 0.2) is 5.82 Å². The number of ether oxygens (including phenoxy) is 1. The van der Waals surface area contributed by atoms with Crippen LogP contribution in [-0.4, -0.2) is 42.3 Å². The van der Waals surface area contributed by atoms with Gasteiger partial charge in [-0.1, -0.05) is 0 Å². The number of nitrogens with one attached hydrogen (secondary N) is 1. The Morgan fingerprint density at radius 1 is 1.35 bits per heavy atom. The highest BCUT2D eigenvalue weighted by molar-refractivity contribution is 5.67. The van der Waals surface area contributed by atoms with Crippen molar-refractivity contribution in [3.05, 3.63) is 6.33 Å². The Balaban J connectivity index is 2.21. The lowest BCUT2D eigenvalue weighted by atomic mass is 10.3. The van der Waals surface area contributed by atoms with Crippen LogP contribution in [0.25, 0.3) is 0 Å². The summed E-state index contributed by atoms with van der Waals surface area (Å²) in [5.74, 6) is 1.25. The fourth-order valence-electron chi connectivity index (χ4n) is 1.82. The molecule has 0 bridgehead atoms. The minimum absolute atomic E-state index is 0.0584. The molecule has 0 aromatic carbocycles. The lowest BCUT2D eigenvalue weighted by molar-refractivity contribution is 0.234. The Hall–Kier alpha value is -1.56. The van der Waals surface area contributed by atoms with Crippen molar-refractivity contribution >= 4 is 11.5 Å². The molecule has 2 rings (SSSR count). The standard InChI is InChI=1S/C11H19N5O/c1-8(2)17-11-9(12)10(14-7-15-11)16-5-3-13-4-6-16/h7-8,13H,3-6,12H2,1-2H3. The maximum atomic E-state index is 6.05. The van der Waals surface area contributed by atoms with E-state index in [9.17, 15) is 0 Å². The van der Waals surface area contributed by atoms with Crippen molar-refractivity contribution in [2.24, 2.45) is 0 Å². The van der Waals surface area contributed by atoms with E-state index in [1.807, 2.05) is 13.8 Å². The maximum Gasteiger partial charge on any atom is 0.242 e. The second-order valence-electron chi connectivity index (χ2n) is 4.32. The van der Waals surface area contributed by atoms with E-state index in [1.165, 1.54) is 6.33 Å². The first kappa shape index (κ1) is 11.9. The van der Waals surface area contributed by atoms with E-state index < -0.39 is 0 Å². The number of nitrogens with two attached hydrogens (primary N) is 1. The van der Waals surface area contributed by atoms with Crippen LogP contribution in [-0.2, 0) is 0 Å². The average Bonchev–Trinajstić information content (AvgIpc) is 2.32. The van der Waals surface area contributed by atoms with Gasteiger partial charge in [0.05, 0.1) is 6.10 Å². The van der Waals surface area contributed by atoms with Crippen molar-refractivity contribution in [2.45, 2.75) is 20.0 Å². The summed E-state index contributed by atoms with van der Waals surface area (Å²) in [5, 5.41) is 3.29. The van der Waals surface area contributed by atoms with Crippen molar-refractivity contribution in [3.63, 3.8) is 0 Å². The zero-order chi connectivity index (χ0) is 12.3. The molecular formula is C11H19N5O. The van der Waals surface area contributed by atoms with E-state index in [-0.39, 0.29) is 6.10 Å². The Labute approximate surface area is 101 Å². The van der Waals surface area contributed by atoms with Crippen LogP contribution in [0.3, 0.4) is 0 Å². The van der Waals surface area contributed by atoms with Gasteiger partial charge in [-0.15, -0.1) is 0 Å². The first-order chi connectivity index (χ1) is 8.18. The molecule has 1 aromatic heterocycles. The normalized spacial score (nSPS) is 16.3. The maximum absolute atomic E-state index is 6.05. The molecule has 1 aliphatic rings. The van der Waals surface area contributed by atoms with Gasteiger partial charge in [-0.2, -0.15) is 4.98 Å². The molecule has 1 saturated heterocycles. The summed E-state index contributed by atoms with van der Waals surface area (Å²) < 4.78 is 5.56. The minimum Gasteiger partial charge on any atom is -0.473 e. The molecule has 0 unspecified atom stereocenters. The number of anilines is 2. The fourth-order valence-corrected chi connectivity index (χ4v) is 1.82. The Bertz CT molecular complexity index is 376. The van der Waals surface area contributed by atoms with Crippen molar-refractivity contribution in [1.82, 2.24) is 15.3 Å². The highest BCUT2D eigenvalue weighted by atomic mass is 16.5. The predicted octanol–water partition coefficient (Wildman–Crippen LogP) is 0.256. The molecule has 1 aromatic rings. The van der Waals surface area contributed by atoms with Gasteiger partial charge in [-0.25, -0.2) is 4.98 Å². The lowest BCUT2D eigenvalue weighted by Gasteiger charge is -2.29.